The van der Waals surface area contributed by atoms with Crippen LogP contribution in [0.5, 0.6) is 0 Å². The molecule has 0 spiro atoms. The van der Waals surface area contributed by atoms with Crippen molar-refractivity contribution < 1.29 is 73.4 Å². The number of fused-ring (bicyclic) bond motifs is 12. The molecule has 0 amide bonds. The van der Waals surface area contributed by atoms with Gasteiger partial charge in [-0.1, -0.05) is 48.1 Å². The summed E-state index contributed by atoms with van der Waals surface area (Å²) in [4.78, 5) is 144. The third-order valence-electron chi connectivity index (χ3n) is 21.0. The standard InChI is InChI=1S/C30H24F2N4O6.C29H24ClFN4O4.C29H24F2N6O5/c1-35(2)8-10-42-29(39)26-24(17-5-3-4-6-23(17)37)25-22(13-20(32)16-7-9-41-27(16)25)36(26)14-15-11-18-21(12-19(15)31)33-30(40)34-28(18)38;1-34(2)8-10-39-29(37)27-25(18-5-3-4-6-24(18)36)26-23(13-20(31)17-7-9-38-28(17)26)35(27)14-16-11-21-22(12-19(16)30)33-15-32-21;1-36(2)7-9-42-28(40)24-22(16-4-3-6-33-26(16)38)23-21(12-19(31)15-5-8-41-25(15)23)37(24)13-14-10-17-20(11-18(14)30)34-29(32)35-27(17)39/h3-5,7,9,11-13H,6,8,10,14H2,1-2H3,(H2,33,34,38,40);3-5,7,9,11-13,15H,6,8,10,14H2,1-2H3,(H,32,33);3-6,8,10-12H,7,9,13H2,1-2H3,(H,33,38)(H3,32,34,35,39). The molecule has 0 saturated carbocycles. The molecule has 7 N–H and O–H groups in total. The quantitative estimate of drug-likeness (QED) is 0.0221. The smallest absolute Gasteiger partial charge is 0.355 e. The zero-order valence-corrected chi connectivity index (χ0v) is 67.0. The average molecular weight is 1700 g/mol. The number of nitrogens with zero attached hydrogens (tertiary/aromatic N) is 8. The first-order valence-electron chi connectivity index (χ1n) is 38.2. The summed E-state index contributed by atoms with van der Waals surface area (Å²) in [5.74, 6) is -6.23. The topological polar surface area (TPSA) is 376 Å². The van der Waals surface area contributed by atoms with Gasteiger partial charge >= 0.3 is 23.6 Å². The first-order valence-corrected chi connectivity index (χ1v) is 38.6. The number of benzene rings is 6. The van der Waals surface area contributed by atoms with Gasteiger partial charge in [-0.2, -0.15) is 0 Å². The number of carbonyl (C=O) groups excluding carboxylic acids is 5. The number of ketones is 2. The van der Waals surface area contributed by atoms with Gasteiger partial charge in [-0.15, -0.1) is 0 Å². The minimum atomic E-state index is -0.820. The lowest BCUT2D eigenvalue weighted by molar-refractivity contribution is -0.113. The number of hydrogen-bond donors (Lipinski definition) is 6. The van der Waals surface area contributed by atoms with Crippen LogP contribution in [-0.2, 0) is 43.4 Å². The van der Waals surface area contributed by atoms with E-state index in [9.17, 15) is 43.2 Å². The van der Waals surface area contributed by atoms with Crippen LogP contribution in [0.15, 0.2) is 185 Å². The van der Waals surface area contributed by atoms with Crippen molar-refractivity contribution in [3.63, 3.8) is 0 Å². The number of Topliss-reactive ketones (excluding diaryl/α,β-unsaturated/α-hetero) is 2. The summed E-state index contributed by atoms with van der Waals surface area (Å²) in [6, 6.07) is 19.4. The number of pyridine rings is 1. The zero-order valence-electron chi connectivity index (χ0n) is 66.3. The highest BCUT2D eigenvalue weighted by atomic mass is 35.5. The Hall–Kier alpha value is -14.6. The fourth-order valence-electron chi connectivity index (χ4n) is 15.3. The summed E-state index contributed by atoms with van der Waals surface area (Å²) >= 11 is 6.64. The van der Waals surface area contributed by atoms with E-state index in [0.29, 0.717) is 57.8 Å². The fourth-order valence-corrected chi connectivity index (χ4v) is 15.5. The van der Waals surface area contributed by atoms with Gasteiger partial charge in [0.15, 0.2) is 11.6 Å². The SMILES string of the molecule is CN(C)CCOC(=O)c1c(-c2ccc[nH]c2=O)c2c3occc3c(F)cc2n1Cc1cc2c(=O)[nH]c(N)nc2cc1F.CN(C)CCOC(=O)c1c(C2=CC=CCC2=O)c2c3occc3c(F)cc2n1Cc1cc2[nH]cnc2cc1Cl.CN(C)CCOC(=O)c1c(C2=CC=CCC2=O)c2c3occc3c(F)cc2n1Cc1cc2c(=O)[nH]c(=O)[nH]c2cc1F. The molecule has 0 unspecified atom stereocenters. The Morgan fingerprint density at radius 2 is 0.951 bits per heavy atom. The molecule has 123 heavy (non-hydrogen) atoms. The van der Waals surface area contributed by atoms with Gasteiger partial charge < -0.3 is 76.5 Å². The summed E-state index contributed by atoms with van der Waals surface area (Å²) in [5.41, 5.74) is 7.44. The van der Waals surface area contributed by atoms with Gasteiger partial charge in [-0.25, -0.2) is 51.1 Å². The molecule has 626 valence electrons. The molecule has 29 nitrogen and oxygen atoms in total. The second kappa shape index (κ2) is 33.5. The van der Waals surface area contributed by atoms with Crippen LogP contribution in [0.4, 0.5) is 27.9 Å². The van der Waals surface area contributed by atoms with Gasteiger partial charge in [0.2, 0.25) is 5.95 Å². The van der Waals surface area contributed by atoms with Gasteiger partial charge in [-0.05, 0) is 127 Å². The third-order valence-corrected chi connectivity index (χ3v) is 21.4. The molecule has 0 radical (unpaired) electrons. The van der Waals surface area contributed by atoms with E-state index in [1.165, 1.54) is 88.7 Å². The Morgan fingerprint density at radius 3 is 1.43 bits per heavy atom. The number of allylic oxidation sites excluding steroid dienone is 8. The van der Waals surface area contributed by atoms with Crippen molar-refractivity contribution in [1.82, 2.24) is 63.3 Å². The number of anilines is 1. The van der Waals surface area contributed by atoms with Crippen LogP contribution in [0.25, 0.3) is 121 Å². The zero-order chi connectivity index (χ0) is 86.7. The molecular formula is C88H72ClF5N14O15. The predicted molar refractivity (Wildman–Crippen MR) is 451 cm³/mol. The Balaban J connectivity index is 0.000000137. The van der Waals surface area contributed by atoms with Gasteiger partial charge in [0, 0.05) is 95.3 Å². The molecule has 0 fully saturated rings. The number of halogens is 6. The lowest BCUT2D eigenvalue weighted by Crippen LogP contribution is -2.23. The highest BCUT2D eigenvalue weighted by molar-refractivity contribution is 6.33. The van der Waals surface area contributed by atoms with Crippen LogP contribution in [0.2, 0.25) is 5.02 Å². The first-order chi connectivity index (χ1) is 59.1. The van der Waals surface area contributed by atoms with Crippen molar-refractivity contribution in [1.29, 1.82) is 0 Å². The highest BCUT2D eigenvalue weighted by Gasteiger charge is 2.37. The molecular weight excluding hydrogens is 1620 g/mol. The van der Waals surface area contributed by atoms with E-state index in [1.807, 2.05) is 63.1 Å². The Morgan fingerprint density at radius 1 is 0.496 bits per heavy atom. The predicted octanol–water partition coefficient (Wildman–Crippen LogP) is 13.2. The fraction of sp³-hybridized carbons (Fsp3) is 0.193. The molecule has 0 aliphatic heterocycles. The summed E-state index contributed by atoms with van der Waals surface area (Å²) in [6.45, 7) is 0.883. The first kappa shape index (κ1) is 82.1. The number of aromatic amines is 5. The minimum Gasteiger partial charge on any atom is -0.463 e. The summed E-state index contributed by atoms with van der Waals surface area (Å²) in [5, 5.41) is 2.04. The maximum Gasteiger partial charge on any atom is 0.355 e. The number of nitrogens with one attached hydrogen (secondary N) is 5. The monoisotopic (exact) mass is 1690 g/mol. The number of likely N-dealkylation sites (N-methyl/N-ethyl adjacent to an activating group) is 3. The Labute approximate surface area is 694 Å². The van der Waals surface area contributed by atoms with E-state index in [4.69, 9.17) is 44.8 Å². The second-order valence-electron chi connectivity index (χ2n) is 29.9. The highest BCUT2D eigenvalue weighted by Crippen LogP contribution is 2.45. The average Bonchev–Trinajstić information content (AvgIpc) is 1.57. The summed E-state index contributed by atoms with van der Waals surface area (Å²) < 4.78 is 115. The maximum absolute atomic E-state index is 15.5. The van der Waals surface area contributed by atoms with Crippen molar-refractivity contribution in [3.05, 3.63) is 273 Å². The Kier molecular flexibility index (Phi) is 22.4. The largest absolute Gasteiger partial charge is 0.463 e. The van der Waals surface area contributed by atoms with Crippen LogP contribution < -0.4 is 28.1 Å². The number of rotatable bonds is 21. The minimum absolute atomic E-state index is 0.00713. The van der Waals surface area contributed by atoms with Crippen LogP contribution in [-0.4, -0.2) is 175 Å². The third kappa shape index (κ3) is 15.6. The number of carbonyl (C=O) groups is 5. The van der Waals surface area contributed by atoms with Crippen molar-refractivity contribution in [2.45, 2.75) is 32.5 Å². The van der Waals surface area contributed by atoms with Crippen LogP contribution >= 0.6 is 11.6 Å². The molecule has 10 aromatic heterocycles. The molecule has 6 aromatic carbocycles. The molecule has 18 rings (SSSR count). The summed E-state index contributed by atoms with van der Waals surface area (Å²) in [7, 11) is 11.0. The molecule has 16 aromatic rings. The van der Waals surface area contributed by atoms with Gasteiger partial charge in [-0.3, -0.25) is 33.9 Å². The molecule has 0 atom stereocenters. The lowest BCUT2D eigenvalue weighted by Gasteiger charge is -2.15. The van der Waals surface area contributed by atoms with Gasteiger partial charge in [0.05, 0.1) is 125 Å². The van der Waals surface area contributed by atoms with E-state index < -0.39 is 69.4 Å². The van der Waals surface area contributed by atoms with Gasteiger partial charge in [0.25, 0.3) is 16.7 Å². The van der Waals surface area contributed by atoms with E-state index in [-0.39, 0.29) is 197 Å². The van der Waals surface area contributed by atoms with Crippen molar-refractivity contribution in [3.8, 4) is 11.1 Å². The van der Waals surface area contributed by atoms with Crippen LogP contribution in [0.1, 0.15) is 72.1 Å². The van der Waals surface area contributed by atoms with E-state index in [1.54, 1.807) is 59.5 Å². The number of imidazole rings is 1. The van der Waals surface area contributed by atoms with E-state index >= 15 is 22.0 Å². The number of nitrogen functional groups attached to an aromatic ring is 1. The molecule has 35 heteroatoms. The van der Waals surface area contributed by atoms with Crippen LogP contribution in [0, 0.1) is 29.1 Å². The number of hydrogen-bond acceptors (Lipinski definition) is 21. The van der Waals surface area contributed by atoms with Crippen molar-refractivity contribution in [2.24, 2.45) is 0 Å². The van der Waals surface area contributed by atoms with Crippen molar-refractivity contribution in [2.75, 3.05) is 87.5 Å². The number of aromatic nitrogens is 10. The normalized spacial score (nSPS) is 13.0. The van der Waals surface area contributed by atoms with E-state index in [2.05, 4.69) is 34.9 Å². The van der Waals surface area contributed by atoms with Crippen molar-refractivity contribution >= 4 is 157 Å². The number of nitrogens with two attached hydrogens (primary N) is 1. The Bertz CT molecular complexity index is 7490. The lowest BCUT2D eigenvalue weighted by atomic mass is 9.93. The molecule has 10 heterocycles. The van der Waals surface area contributed by atoms with Crippen LogP contribution in [0.3, 0.4) is 0 Å². The molecule has 0 bridgehead atoms. The number of esters is 3. The number of H-pyrrole nitrogens is 5. The number of furan rings is 3. The maximum atomic E-state index is 15.5. The molecule has 2 aliphatic carbocycles. The second-order valence-corrected chi connectivity index (χ2v) is 30.3. The van der Waals surface area contributed by atoms with Gasteiger partial charge in [0.1, 0.15) is 82.7 Å². The van der Waals surface area contributed by atoms with E-state index in [0.717, 1.165) is 17.6 Å². The number of ether oxygens (including phenoxy) is 3. The molecule has 2 aliphatic rings. The molecule has 0 saturated heterocycles. The summed E-state index contributed by atoms with van der Waals surface area (Å²) in [6.07, 6.45) is 17.4.